The maximum atomic E-state index is 11.6. The second-order valence-electron chi connectivity index (χ2n) is 8.50. The number of methoxy groups -OCH3 is 2. The summed E-state index contributed by atoms with van der Waals surface area (Å²) in [5.41, 5.74) is 1.96. The molecular formula is C25H34N6O3. The third-order valence-corrected chi connectivity index (χ3v) is 5.62. The van der Waals surface area contributed by atoms with Gasteiger partial charge >= 0.3 is 0 Å². The molecule has 9 heteroatoms. The maximum Gasteiger partial charge on any atom is 0.225 e. The summed E-state index contributed by atoms with van der Waals surface area (Å²) < 4.78 is 10.8. The lowest BCUT2D eigenvalue weighted by Gasteiger charge is -2.32. The highest BCUT2D eigenvalue weighted by atomic mass is 16.5. The van der Waals surface area contributed by atoms with E-state index in [-0.39, 0.29) is 5.91 Å². The Kier molecular flexibility index (Phi) is 8.45. The van der Waals surface area contributed by atoms with Gasteiger partial charge in [0, 0.05) is 37.8 Å². The Bertz CT molecular complexity index is 1120. The minimum atomic E-state index is -0.392. The van der Waals surface area contributed by atoms with Gasteiger partial charge in [0.1, 0.15) is 17.0 Å². The number of nitrogens with one attached hydrogen (secondary N) is 3. The molecule has 0 spiro atoms. The number of anilines is 2. The van der Waals surface area contributed by atoms with E-state index in [0.29, 0.717) is 30.4 Å². The van der Waals surface area contributed by atoms with E-state index >= 15 is 0 Å². The van der Waals surface area contributed by atoms with Crippen molar-refractivity contribution in [1.29, 1.82) is 0 Å². The summed E-state index contributed by atoms with van der Waals surface area (Å²) in [4.78, 5) is 25.5. The van der Waals surface area contributed by atoms with Crippen LogP contribution in [0.2, 0.25) is 0 Å². The molecule has 0 aliphatic heterocycles. The van der Waals surface area contributed by atoms with Gasteiger partial charge in [0.2, 0.25) is 11.9 Å². The van der Waals surface area contributed by atoms with Crippen LogP contribution in [0.5, 0.6) is 11.5 Å². The minimum absolute atomic E-state index is 0.0639. The highest BCUT2D eigenvalue weighted by Crippen LogP contribution is 2.27. The van der Waals surface area contributed by atoms with E-state index in [1.54, 1.807) is 20.4 Å². The number of unbranched alkanes of at least 4 members (excludes halogenated alkanes) is 1. The fourth-order valence-electron chi connectivity index (χ4n) is 3.67. The molecule has 2 aromatic heterocycles. The molecule has 0 saturated carbocycles. The zero-order valence-electron chi connectivity index (χ0n) is 20.6. The topological polar surface area (TPSA) is 110 Å². The quantitative estimate of drug-likeness (QED) is 0.365. The number of nitrogens with zero attached hydrogens (tertiary/aromatic N) is 3. The van der Waals surface area contributed by atoms with Crippen molar-refractivity contribution < 1.29 is 14.3 Å². The number of amides is 1. The van der Waals surface area contributed by atoms with Crippen molar-refractivity contribution in [3.63, 3.8) is 0 Å². The Morgan fingerprint density at radius 1 is 1.15 bits per heavy atom. The third-order valence-electron chi connectivity index (χ3n) is 5.62. The smallest absolute Gasteiger partial charge is 0.225 e. The molecule has 3 N–H and O–H groups in total. The van der Waals surface area contributed by atoms with Crippen molar-refractivity contribution in [3.05, 3.63) is 42.1 Å². The first-order chi connectivity index (χ1) is 16.4. The first kappa shape index (κ1) is 25.0. The lowest BCUT2D eigenvalue weighted by Crippen LogP contribution is -2.46. The molecule has 0 aliphatic carbocycles. The van der Waals surface area contributed by atoms with Crippen LogP contribution in [0, 0.1) is 0 Å². The number of hydrogen-bond donors (Lipinski definition) is 3. The summed E-state index contributed by atoms with van der Waals surface area (Å²) in [6.45, 7) is 6.71. The molecule has 0 saturated heterocycles. The van der Waals surface area contributed by atoms with E-state index in [1.165, 1.54) is 6.92 Å². The fraction of sp³-hybridized carbons (Fsp3) is 0.440. The van der Waals surface area contributed by atoms with Crippen LogP contribution in [-0.4, -0.2) is 47.2 Å². The van der Waals surface area contributed by atoms with Crippen LogP contribution in [0.1, 0.15) is 45.6 Å². The summed E-state index contributed by atoms with van der Waals surface area (Å²) >= 11 is 0. The molecule has 182 valence electrons. The minimum Gasteiger partial charge on any atom is -0.497 e. The second-order valence-corrected chi connectivity index (χ2v) is 8.50. The van der Waals surface area contributed by atoms with Crippen LogP contribution in [0.4, 0.5) is 11.8 Å². The molecule has 0 fully saturated rings. The number of carbonyl (C=O) groups excluding carboxylic acids is 1. The van der Waals surface area contributed by atoms with Crippen molar-refractivity contribution in [2.75, 3.05) is 31.4 Å². The zero-order valence-corrected chi connectivity index (χ0v) is 20.6. The first-order valence-corrected chi connectivity index (χ1v) is 11.5. The van der Waals surface area contributed by atoms with Gasteiger partial charge in [-0.25, -0.2) is 4.98 Å². The van der Waals surface area contributed by atoms with Crippen molar-refractivity contribution in [1.82, 2.24) is 20.3 Å². The van der Waals surface area contributed by atoms with Crippen LogP contribution in [0.15, 0.2) is 36.5 Å². The van der Waals surface area contributed by atoms with Crippen molar-refractivity contribution >= 4 is 28.7 Å². The highest BCUT2D eigenvalue weighted by Gasteiger charge is 2.26. The van der Waals surface area contributed by atoms with E-state index in [9.17, 15) is 4.79 Å². The molecule has 9 nitrogen and oxygen atoms in total. The van der Waals surface area contributed by atoms with Gasteiger partial charge in [0.05, 0.1) is 25.3 Å². The predicted molar refractivity (Wildman–Crippen MR) is 134 cm³/mol. The number of benzene rings is 1. The van der Waals surface area contributed by atoms with E-state index in [4.69, 9.17) is 14.5 Å². The lowest BCUT2D eigenvalue weighted by atomic mass is 9.94. The van der Waals surface area contributed by atoms with Crippen LogP contribution in [0.25, 0.3) is 11.0 Å². The summed E-state index contributed by atoms with van der Waals surface area (Å²) in [6.07, 6.45) is 4.66. The first-order valence-electron chi connectivity index (χ1n) is 11.5. The van der Waals surface area contributed by atoms with Crippen LogP contribution >= 0.6 is 0 Å². The lowest BCUT2D eigenvalue weighted by molar-refractivity contribution is -0.119. The second kappa shape index (κ2) is 11.5. The van der Waals surface area contributed by atoms with Gasteiger partial charge in [0.25, 0.3) is 0 Å². The van der Waals surface area contributed by atoms with Gasteiger partial charge in [-0.15, -0.1) is 0 Å². The molecular weight excluding hydrogens is 432 g/mol. The Balaban J connectivity index is 1.89. The summed E-state index contributed by atoms with van der Waals surface area (Å²) in [5.74, 6) is 2.48. The molecule has 1 unspecified atom stereocenters. The van der Waals surface area contributed by atoms with Gasteiger partial charge in [0.15, 0.2) is 5.82 Å². The molecule has 0 aliphatic rings. The number of aromatic nitrogens is 3. The maximum absolute atomic E-state index is 11.6. The fourth-order valence-corrected chi connectivity index (χ4v) is 3.67. The monoisotopic (exact) mass is 466 g/mol. The van der Waals surface area contributed by atoms with E-state index < -0.39 is 5.54 Å². The standard InChI is InChI=1S/C25H34N6O3/c1-6-7-12-25(3,16-28-17(2)32)31-23-22-20(9-8-13-26-22)29-24(30-23)27-15-18-10-11-19(33-4)14-21(18)34-5/h8-11,13-14H,6-7,12,15-16H2,1-5H3,(H,28,32)(H2,27,29,30,31). The van der Waals surface area contributed by atoms with Crippen molar-refractivity contribution in [2.45, 2.75) is 52.1 Å². The van der Waals surface area contributed by atoms with Gasteiger partial charge in [-0.2, -0.15) is 4.98 Å². The van der Waals surface area contributed by atoms with Crippen molar-refractivity contribution in [2.24, 2.45) is 0 Å². The molecule has 1 amide bonds. The molecule has 3 rings (SSSR count). The van der Waals surface area contributed by atoms with E-state index in [2.05, 4.69) is 39.8 Å². The molecule has 1 aromatic carbocycles. The molecule has 0 bridgehead atoms. The number of ether oxygens (including phenoxy) is 2. The average Bonchev–Trinajstić information content (AvgIpc) is 2.85. The Morgan fingerprint density at radius 3 is 2.68 bits per heavy atom. The number of pyridine rings is 1. The molecule has 3 aromatic rings. The third kappa shape index (κ3) is 6.46. The van der Waals surface area contributed by atoms with Crippen LogP contribution in [-0.2, 0) is 11.3 Å². The predicted octanol–water partition coefficient (Wildman–Crippen LogP) is 4.15. The van der Waals surface area contributed by atoms with Gasteiger partial charge in [-0.3, -0.25) is 9.78 Å². The summed E-state index contributed by atoms with van der Waals surface area (Å²) in [5, 5.41) is 9.80. The average molecular weight is 467 g/mol. The van der Waals surface area contributed by atoms with Gasteiger partial charge < -0.3 is 25.4 Å². The van der Waals surface area contributed by atoms with Crippen LogP contribution in [0.3, 0.4) is 0 Å². The highest BCUT2D eigenvalue weighted by molar-refractivity contribution is 5.86. The SMILES string of the molecule is CCCCC(C)(CNC(C)=O)Nc1nc(NCc2ccc(OC)cc2OC)nc2cccnc12. The largest absolute Gasteiger partial charge is 0.497 e. The van der Waals surface area contributed by atoms with Gasteiger partial charge in [-0.1, -0.05) is 19.8 Å². The van der Waals surface area contributed by atoms with Crippen molar-refractivity contribution in [3.8, 4) is 11.5 Å². The molecule has 0 radical (unpaired) electrons. The number of carbonyl (C=O) groups is 1. The molecule has 2 heterocycles. The Labute approximate surface area is 200 Å². The summed E-state index contributed by atoms with van der Waals surface area (Å²) in [7, 11) is 3.25. The number of fused-ring (bicyclic) bond motifs is 1. The Morgan fingerprint density at radius 2 is 1.97 bits per heavy atom. The van der Waals surface area contributed by atoms with E-state index in [0.717, 1.165) is 41.8 Å². The number of hydrogen-bond acceptors (Lipinski definition) is 8. The number of rotatable bonds is 12. The van der Waals surface area contributed by atoms with E-state index in [1.807, 2.05) is 30.3 Å². The van der Waals surface area contributed by atoms with Crippen LogP contribution < -0.4 is 25.4 Å². The molecule has 1 atom stereocenters. The zero-order chi connectivity index (χ0) is 24.6. The normalized spacial score (nSPS) is 12.6. The Hall–Kier alpha value is -3.62. The van der Waals surface area contributed by atoms with Gasteiger partial charge in [-0.05, 0) is 37.6 Å². The summed E-state index contributed by atoms with van der Waals surface area (Å²) in [6, 6.07) is 9.44. The molecule has 34 heavy (non-hydrogen) atoms.